The molecule has 1 heterocycles. The number of hydrogen-bond acceptors (Lipinski definition) is 3. The maximum absolute atomic E-state index is 13.2. The Morgan fingerprint density at radius 2 is 2.11 bits per heavy atom. The van der Waals surface area contributed by atoms with Crippen molar-refractivity contribution in [3.05, 3.63) is 29.0 Å². The van der Waals surface area contributed by atoms with Crippen LogP contribution in [0.4, 0.5) is 10.1 Å². The van der Waals surface area contributed by atoms with Crippen LogP contribution < -0.4 is 5.32 Å². The van der Waals surface area contributed by atoms with Gasteiger partial charge in [-0.25, -0.2) is 4.39 Å². The van der Waals surface area contributed by atoms with Gasteiger partial charge in [0.25, 0.3) is 0 Å². The molecule has 0 spiro atoms. The predicted octanol–water partition coefficient (Wildman–Crippen LogP) is 4.55. The van der Waals surface area contributed by atoms with Gasteiger partial charge in [-0.05, 0) is 31.0 Å². The predicted molar refractivity (Wildman–Crippen MR) is 78.2 cm³/mol. The van der Waals surface area contributed by atoms with Gasteiger partial charge in [-0.15, -0.1) is 0 Å². The molecule has 1 aliphatic rings. The number of benzene rings is 1. The Bertz CT molecular complexity index is 452. The lowest BCUT2D eigenvalue weighted by Crippen LogP contribution is -2.24. The van der Waals surface area contributed by atoms with E-state index in [9.17, 15) is 4.39 Å². The van der Waals surface area contributed by atoms with Gasteiger partial charge in [0.2, 0.25) is 0 Å². The molecule has 0 atom stereocenters. The standard InChI is InChI=1S/C13H16ClFN2S/c1-3-13(4-2)8-18-12(17-13)16-11-6-9(14)5-10(15)7-11/h5-7H,3-4,8H2,1-2H3,(H,16,17). The Balaban J connectivity index is 2.15. The molecule has 0 saturated heterocycles. The first kappa shape index (κ1) is 13.7. The monoisotopic (exact) mass is 286 g/mol. The summed E-state index contributed by atoms with van der Waals surface area (Å²) in [6, 6.07) is 4.41. The topological polar surface area (TPSA) is 24.4 Å². The maximum atomic E-state index is 13.2. The van der Waals surface area contributed by atoms with E-state index in [0.29, 0.717) is 10.7 Å². The van der Waals surface area contributed by atoms with Crippen molar-refractivity contribution in [2.45, 2.75) is 32.2 Å². The van der Waals surface area contributed by atoms with Crippen molar-refractivity contribution >= 4 is 34.2 Å². The summed E-state index contributed by atoms with van der Waals surface area (Å²) in [6.45, 7) is 4.30. The third-order valence-electron chi connectivity index (χ3n) is 3.25. The van der Waals surface area contributed by atoms with Crippen LogP contribution in [0.25, 0.3) is 0 Å². The van der Waals surface area contributed by atoms with Crippen LogP contribution in [-0.4, -0.2) is 16.5 Å². The van der Waals surface area contributed by atoms with E-state index in [1.54, 1.807) is 17.8 Å². The minimum atomic E-state index is -0.342. The highest BCUT2D eigenvalue weighted by atomic mass is 35.5. The number of hydrogen-bond donors (Lipinski definition) is 1. The van der Waals surface area contributed by atoms with Gasteiger partial charge in [0, 0.05) is 16.5 Å². The fourth-order valence-electron chi connectivity index (χ4n) is 1.91. The molecule has 0 bridgehead atoms. The zero-order valence-electron chi connectivity index (χ0n) is 10.5. The number of halogens is 2. The zero-order chi connectivity index (χ0) is 13.2. The van der Waals surface area contributed by atoms with Gasteiger partial charge in [-0.2, -0.15) is 0 Å². The van der Waals surface area contributed by atoms with Crippen molar-refractivity contribution in [2.75, 3.05) is 11.1 Å². The molecule has 1 N–H and O–H groups in total. The molecule has 5 heteroatoms. The van der Waals surface area contributed by atoms with E-state index < -0.39 is 0 Å². The molecule has 1 aromatic rings. The second-order valence-corrected chi connectivity index (χ2v) is 5.82. The van der Waals surface area contributed by atoms with Gasteiger partial charge in [-0.1, -0.05) is 37.2 Å². The molecular weight excluding hydrogens is 271 g/mol. The molecule has 0 aromatic heterocycles. The Hall–Kier alpha value is -0.740. The number of amidine groups is 1. The Labute approximate surface area is 116 Å². The SMILES string of the molecule is CCC1(CC)CSC(Nc2cc(F)cc(Cl)c2)=N1. The highest BCUT2D eigenvalue weighted by Crippen LogP contribution is 2.34. The molecule has 98 valence electrons. The summed E-state index contributed by atoms with van der Waals surface area (Å²) in [6.07, 6.45) is 2.04. The van der Waals surface area contributed by atoms with E-state index in [1.165, 1.54) is 12.1 Å². The van der Waals surface area contributed by atoms with Crippen molar-refractivity contribution < 1.29 is 4.39 Å². The summed E-state index contributed by atoms with van der Waals surface area (Å²) < 4.78 is 13.2. The number of nitrogens with zero attached hydrogens (tertiary/aromatic N) is 1. The van der Waals surface area contributed by atoms with Crippen molar-refractivity contribution in [2.24, 2.45) is 4.99 Å². The van der Waals surface area contributed by atoms with E-state index in [1.807, 2.05) is 0 Å². The van der Waals surface area contributed by atoms with E-state index >= 15 is 0 Å². The number of rotatable bonds is 3. The van der Waals surface area contributed by atoms with Gasteiger partial charge in [0.05, 0.1) is 5.54 Å². The summed E-state index contributed by atoms with van der Waals surface area (Å²) in [5, 5.41) is 4.37. The number of aliphatic imine (C=N–C) groups is 1. The fraction of sp³-hybridized carbons (Fsp3) is 0.462. The first-order valence-electron chi connectivity index (χ1n) is 6.02. The molecule has 0 unspecified atom stereocenters. The van der Waals surface area contributed by atoms with Gasteiger partial charge < -0.3 is 5.32 Å². The van der Waals surface area contributed by atoms with Crippen LogP contribution in [0.5, 0.6) is 0 Å². The molecule has 2 nitrogen and oxygen atoms in total. The molecule has 0 radical (unpaired) electrons. The van der Waals surface area contributed by atoms with E-state index in [4.69, 9.17) is 16.6 Å². The van der Waals surface area contributed by atoms with Crippen LogP contribution in [0.3, 0.4) is 0 Å². The number of nitrogens with one attached hydrogen (secondary N) is 1. The second-order valence-electron chi connectivity index (χ2n) is 4.42. The Morgan fingerprint density at radius 3 is 2.67 bits per heavy atom. The molecule has 0 saturated carbocycles. The van der Waals surface area contributed by atoms with Gasteiger partial charge >= 0.3 is 0 Å². The molecule has 0 fully saturated rings. The molecule has 0 amide bonds. The first-order valence-corrected chi connectivity index (χ1v) is 7.39. The highest BCUT2D eigenvalue weighted by Gasteiger charge is 2.32. The fourth-order valence-corrected chi connectivity index (χ4v) is 3.46. The Kier molecular flexibility index (Phi) is 4.17. The number of anilines is 1. The van der Waals surface area contributed by atoms with Crippen LogP contribution in [0, 0.1) is 5.82 Å². The lowest BCUT2D eigenvalue weighted by Gasteiger charge is -2.20. The minimum Gasteiger partial charge on any atom is -0.335 e. The third-order valence-corrected chi connectivity index (χ3v) is 4.61. The summed E-state index contributed by atoms with van der Waals surface area (Å²) in [4.78, 5) is 4.71. The van der Waals surface area contributed by atoms with Crippen LogP contribution in [0.2, 0.25) is 5.02 Å². The van der Waals surface area contributed by atoms with E-state index in [-0.39, 0.29) is 11.4 Å². The smallest absolute Gasteiger partial charge is 0.161 e. The summed E-state index contributed by atoms with van der Waals surface area (Å²) >= 11 is 7.50. The molecule has 0 aliphatic carbocycles. The maximum Gasteiger partial charge on any atom is 0.161 e. The third kappa shape index (κ3) is 2.98. The van der Waals surface area contributed by atoms with Crippen LogP contribution in [-0.2, 0) is 0 Å². The molecule has 1 aliphatic heterocycles. The lowest BCUT2D eigenvalue weighted by atomic mass is 9.97. The lowest BCUT2D eigenvalue weighted by molar-refractivity contribution is 0.456. The van der Waals surface area contributed by atoms with Crippen LogP contribution in [0.15, 0.2) is 23.2 Å². The molecule has 1 aromatic carbocycles. The van der Waals surface area contributed by atoms with Crippen molar-refractivity contribution in [1.82, 2.24) is 0 Å². The summed E-state index contributed by atoms with van der Waals surface area (Å²) in [5.41, 5.74) is 0.679. The van der Waals surface area contributed by atoms with Gasteiger partial charge in [-0.3, -0.25) is 4.99 Å². The Morgan fingerprint density at radius 1 is 1.39 bits per heavy atom. The highest BCUT2D eigenvalue weighted by molar-refractivity contribution is 8.14. The second kappa shape index (κ2) is 5.49. The van der Waals surface area contributed by atoms with Crippen molar-refractivity contribution in [3.63, 3.8) is 0 Å². The van der Waals surface area contributed by atoms with E-state index in [0.717, 1.165) is 23.8 Å². The molecular formula is C13H16ClFN2S. The quantitative estimate of drug-likeness (QED) is 0.881. The van der Waals surface area contributed by atoms with Crippen molar-refractivity contribution in [3.8, 4) is 0 Å². The van der Waals surface area contributed by atoms with Crippen LogP contribution >= 0.6 is 23.4 Å². The summed E-state index contributed by atoms with van der Waals surface area (Å²) in [5.74, 6) is 0.636. The average molecular weight is 287 g/mol. The van der Waals surface area contributed by atoms with Gasteiger partial charge in [0.15, 0.2) is 5.17 Å². The number of thioether (sulfide) groups is 1. The van der Waals surface area contributed by atoms with Crippen LogP contribution in [0.1, 0.15) is 26.7 Å². The molecule has 18 heavy (non-hydrogen) atoms. The average Bonchev–Trinajstić information content (AvgIpc) is 2.72. The minimum absolute atomic E-state index is 0.0319. The van der Waals surface area contributed by atoms with E-state index in [2.05, 4.69) is 19.2 Å². The summed E-state index contributed by atoms with van der Waals surface area (Å²) in [7, 11) is 0. The zero-order valence-corrected chi connectivity index (χ0v) is 12.0. The molecule has 2 rings (SSSR count). The normalized spacial score (nSPS) is 17.7. The van der Waals surface area contributed by atoms with Crippen molar-refractivity contribution in [1.29, 1.82) is 0 Å². The van der Waals surface area contributed by atoms with Gasteiger partial charge in [0.1, 0.15) is 5.82 Å². The first-order chi connectivity index (χ1) is 8.57. The largest absolute Gasteiger partial charge is 0.335 e.